The first-order chi connectivity index (χ1) is 32.0. The molecule has 13 rings (SSSR count). The van der Waals surface area contributed by atoms with Gasteiger partial charge < -0.3 is 9.13 Å². The van der Waals surface area contributed by atoms with Crippen LogP contribution in [0.15, 0.2) is 212 Å². The Hall–Kier alpha value is -8.41. The van der Waals surface area contributed by atoms with E-state index in [2.05, 4.69) is 199 Å². The molecule has 65 heavy (non-hydrogen) atoms. The Morgan fingerprint density at radius 1 is 0.338 bits per heavy atom. The lowest BCUT2D eigenvalue weighted by Crippen LogP contribution is -2.15. The molecule has 0 atom stereocenters. The second kappa shape index (κ2) is 14.3. The van der Waals surface area contributed by atoms with Crippen molar-refractivity contribution in [2.75, 3.05) is 0 Å². The molecule has 0 N–H and O–H groups in total. The van der Waals surface area contributed by atoms with Gasteiger partial charge in [0.25, 0.3) is 0 Å². The molecular formula is C60H41N5. The number of para-hydroxylation sites is 4. The van der Waals surface area contributed by atoms with Gasteiger partial charge in [-0.1, -0.05) is 184 Å². The molecule has 9 aromatic carbocycles. The first kappa shape index (κ1) is 37.2. The molecule has 0 bridgehead atoms. The number of hydrogen-bond acceptors (Lipinski definition) is 3. The average molecular weight is 832 g/mol. The molecule has 0 spiro atoms. The van der Waals surface area contributed by atoms with E-state index < -0.39 is 0 Å². The lowest BCUT2D eigenvalue weighted by atomic mass is 9.80. The Kier molecular flexibility index (Phi) is 8.18. The van der Waals surface area contributed by atoms with Gasteiger partial charge in [-0.15, -0.1) is 0 Å². The highest BCUT2D eigenvalue weighted by molar-refractivity contribution is 6.15. The Balaban J connectivity index is 1.12. The lowest BCUT2D eigenvalue weighted by Gasteiger charge is -2.22. The van der Waals surface area contributed by atoms with Crippen molar-refractivity contribution in [3.63, 3.8) is 0 Å². The molecule has 0 amide bonds. The van der Waals surface area contributed by atoms with Crippen molar-refractivity contribution < 1.29 is 0 Å². The van der Waals surface area contributed by atoms with E-state index in [1.807, 2.05) is 36.4 Å². The summed E-state index contributed by atoms with van der Waals surface area (Å²) in [7, 11) is 0. The van der Waals surface area contributed by atoms with Gasteiger partial charge >= 0.3 is 0 Å². The van der Waals surface area contributed by atoms with E-state index in [0.717, 1.165) is 50.2 Å². The summed E-state index contributed by atoms with van der Waals surface area (Å²) >= 11 is 0. The molecule has 1 aliphatic rings. The number of benzene rings is 9. The Labute approximate surface area is 376 Å². The second-order valence-electron chi connectivity index (χ2n) is 17.6. The summed E-state index contributed by atoms with van der Waals surface area (Å²) < 4.78 is 4.85. The molecule has 0 saturated carbocycles. The smallest absolute Gasteiger partial charge is 0.166 e. The van der Waals surface area contributed by atoms with Gasteiger partial charge in [-0.2, -0.15) is 0 Å². The fraction of sp³-hybridized carbons (Fsp3) is 0.0500. The van der Waals surface area contributed by atoms with Gasteiger partial charge in [0.05, 0.1) is 33.4 Å². The zero-order chi connectivity index (χ0) is 43.2. The summed E-state index contributed by atoms with van der Waals surface area (Å²) in [4.78, 5) is 15.9. The largest absolute Gasteiger partial charge is 0.309 e. The fourth-order valence-electron chi connectivity index (χ4n) is 10.7. The standard InChI is InChI=1S/C60H41N5/c1-60(2)48-28-14-9-24-42(48)45-34-36-54-55(56(45)60)46-27-13-18-32-52(46)65(54)53-35-33-40(41-23-10-15-29-49(41)64-50-30-16-11-25-43(50)44-26-12-17-31-51(44)64)37-47(53)59-62-57(38-19-5-3-6-20-38)61-58(63-59)39-21-7-4-8-22-39/h3-37H,1-2H3. The third-order valence-corrected chi connectivity index (χ3v) is 13.6. The van der Waals surface area contributed by atoms with E-state index >= 15 is 0 Å². The molecule has 5 nitrogen and oxygen atoms in total. The van der Waals surface area contributed by atoms with E-state index in [1.54, 1.807) is 0 Å². The van der Waals surface area contributed by atoms with Gasteiger partial charge in [-0.25, -0.2) is 15.0 Å². The topological polar surface area (TPSA) is 48.5 Å². The summed E-state index contributed by atoms with van der Waals surface area (Å²) in [5.41, 5.74) is 16.8. The number of fused-ring (bicyclic) bond motifs is 10. The summed E-state index contributed by atoms with van der Waals surface area (Å²) in [6.07, 6.45) is 0. The third kappa shape index (κ3) is 5.62. The molecule has 5 heteroatoms. The number of nitrogens with zero attached hydrogens (tertiary/aromatic N) is 5. The monoisotopic (exact) mass is 831 g/mol. The summed E-state index contributed by atoms with van der Waals surface area (Å²) in [6, 6.07) is 75.9. The molecule has 306 valence electrons. The highest BCUT2D eigenvalue weighted by atomic mass is 15.1. The molecule has 0 unspecified atom stereocenters. The van der Waals surface area contributed by atoms with Gasteiger partial charge in [-0.3, -0.25) is 0 Å². The van der Waals surface area contributed by atoms with Crippen molar-refractivity contribution in [2.24, 2.45) is 0 Å². The van der Waals surface area contributed by atoms with Gasteiger partial charge in [-0.05, 0) is 70.3 Å². The van der Waals surface area contributed by atoms with E-state index in [0.29, 0.717) is 17.5 Å². The van der Waals surface area contributed by atoms with Crippen molar-refractivity contribution in [2.45, 2.75) is 19.3 Å². The molecule has 1 aliphatic carbocycles. The third-order valence-electron chi connectivity index (χ3n) is 13.6. The van der Waals surface area contributed by atoms with E-state index in [1.165, 1.54) is 54.8 Å². The maximum atomic E-state index is 5.39. The maximum Gasteiger partial charge on any atom is 0.166 e. The predicted molar refractivity (Wildman–Crippen MR) is 268 cm³/mol. The van der Waals surface area contributed by atoms with E-state index in [-0.39, 0.29) is 5.41 Å². The van der Waals surface area contributed by atoms with Crippen LogP contribution in [0, 0.1) is 0 Å². The highest BCUT2D eigenvalue weighted by Crippen LogP contribution is 2.53. The first-order valence-corrected chi connectivity index (χ1v) is 22.3. The summed E-state index contributed by atoms with van der Waals surface area (Å²) in [6.45, 7) is 4.75. The zero-order valence-electron chi connectivity index (χ0n) is 35.9. The van der Waals surface area contributed by atoms with Crippen LogP contribution in [-0.4, -0.2) is 24.1 Å². The number of aromatic nitrogens is 5. The van der Waals surface area contributed by atoms with Crippen LogP contribution in [0.2, 0.25) is 0 Å². The van der Waals surface area contributed by atoms with Gasteiger partial charge in [0.2, 0.25) is 0 Å². The number of rotatable bonds is 6. The molecule has 0 fully saturated rings. The Bertz CT molecular complexity index is 3750. The average Bonchev–Trinajstić information content (AvgIpc) is 3.97. The van der Waals surface area contributed by atoms with E-state index in [4.69, 9.17) is 15.0 Å². The Morgan fingerprint density at radius 2 is 0.831 bits per heavy atom. The highest BCUT2D eigenvalue weighted by Gasteiger charge is 2.38. The predicted octanol–water partition coefficient (Wildman–Crippen LogP) is 15.0. The van der Waals surface area contributed by atoms with Crippen LogP contribution in [0.1, 0.15) is 25.0 Å². The maximum absolute atomic E-state index is 5.39. The Morgan fingerprint density at radius 3 is 1.49 bits per heavy atom. The summed E-state index contributed by atoms with van der Waals surface area (Å²) in [5, 5.41) is 4.95. The fourth-order valence-corrected chi connectivity index (χ4v) is 10.7. The van der Waals surface area contributed by atoms with Crippen molar-refractivity contribution in [1.29, 1.82) is 0 Å². The quantitative estimate of drug-likeness (QED) is 0.168. The van der Waals surface area contributed by atoms with Crippen LogP contribution >= 0.6 is 0 Å². The van der Waals surface area contributed by atoms with Crippen LogP contribution in [0.25, 0.3) is 111 Å². The van der Waals surface area contributed by atoms with Crippen molar-refractivity contribution in [1.82, 2.24) is 24.1 Å². The molecule has 0 saturated heterocycles. The van der Waals surface area contributed by atoms with Crippen LogP contribution in [0.3, 0.4) is 0 Å². The lowest BCUT2D eigenvalue weighted by molar-refractivity contribution is 0.666. The number of hydrogen-bond donors (Lipinski definition) is 0. The van der Waals surface area contributed by atoms with Crippen molar-refractivity contribution in [3.05, 3.63) is 223 Å². The molecule has 12 aromatic rings. The zero-order valence-corrected chi connectivity index (χ0v) is 35.9. The van der Waals surface area contributed by atoms with Gasteiger partial charge in [0, 0.05) is 49.2 Å². The normalized spacial score (nSPS) is 12.9. The molecular weight excluding hydrogens is 791 g/mol. The summed E-state index contributed by atoms with van der Waals surface area (Å²) in [5.74, 6) is 1.84. The minimum absolute atomic E-state index is 0.201. The van der Waals surface area contributed by atoms with Crippen LogP contribution in [0.4, 0.5) is 0 Å². The van der Waals surface area contributed by atoms with E-state index in [9.17, 15) is 0 Å². The minimum atomic E-state index is -0.201. The van der Waals surface area contributed by atoms with Gasteiger partial charge in [0.1, 0.15) is 0 Å². The molecule has 3 aromatic heterocycles. The van der Waals surface area contributed by atoms with Crippen LogP contribution in [0.5, 0.6) is 0 Å². The van der Waals surface area contributed by atoms with Crippen molar-refractivity contribution >= 4 is 43.6 Å². The van der Waals surface area contributed by atoms with Crippen molar-refractivity contribution in [3.8, 4) is 67.8 Å². The molecule has 3 heterocycles. The minimum Gasteiger partial charge on any atom is -0.309 e. The van der Waals surface area contributed by atoms with Crippen LogP contribution < -0.4 is 0 Å². The second-order valence-corrected chi connectivity index (χ2v) is 17.6. The SMILES string of the molecule is CC1(C)c2ccccc2-c2ccc3c(c21)c1ccccc1n3-c1ccc(-c2ccccc2-n2c3ccccc3c3ccccc32)cc1-c1nc(-c2ccccc2)nc(-c2ccccc2)n1. The molecule has 0 aliphatic heterocycles. The van der Waals surface area contributed by atoms with Crippen LogP contribution in [-0.2, 0) is 5.41 Å². The molecule has 0 radical (unpaired) electrons. The first-order valence-electron chi connectivity index (χ1n) is 22.3. The van der Waals surface area contributed by atoms with Gasteiger partial charge in [0.15, 0.2) is 17.5 Å².